The van der Waals surface area contributed by atoms with E-state index in [4.69, 9.17) is 4.74 Å². The summed E-state index contributed by atoms with van der Waals surface area (Å²) in [5.41, 5.74) is 0. The van der Waals surface area contributed by atoms with Gasteiger partial charge in [-0.05, 0) is 89.9 Å². The molecule has 0 aliphatic carbocycles. The van der Waals surface area contributed by atoms with Crippen LogP contribution in [0, 0.1) is 0 Å². The number of allylic oxidation sites excluding steroid dienone is 12. The molecule has 0 aliphatic heterocycles. The van der Waals surface area contributed by atoms with E-state index in [0.29, 0.717) is 19.3 Å². The third-order valence-corrected chi connectivity index (χ3v) is 13.3. The molecule has 3 unspecified atom stereocenters. The fraction of sp³-hybridized carbons (Fsp3) is 0.778. The molecule has 0 saturated heterocycles. The van der Waals surface area contributed by atoms with Gasteiger partial charge in [0.1, 0.15) is 6.10 Å². The van der Waals surface area contributed by atoms with Gasteiger partial charge in [-0.3, -0.25) is 9.59 Å². The van der Waals surface area contributed by atoms with Crippen LogP contribution in [-0.2, 0) is 14.3 Å². The molecular formula is C63H113NO5. The molecule has 400 valence electrons. The lowest BCUT2D eigenvalue weighted by Crippen LogP contribution is -2.46. The van der Waals surface area contributed by atoms with Gasteiger partial charge in [-0.25, -0.2) is 0 Å². The largest absolute Gasteiger partial charge is 0.462 e. The second kappa shape index (κ2) is 56.2. The predicted molar refractivity (Wildman–Crippen MR) is 301 cm³/mol. The van der Waals surface area contributed by atoms with E-state index in [2.05, 4.69) is 99.0 Å². The van der Waals surface area contributed by atoms with Crippen LogP contribution in [0.15, 0.2) is 72.9 Å². The fourth-order valence-electron chi connectivity index (χ4n) is 8.76. The quantitative estimate of drug-likeness (QED) is 0.0244. The summed E-state index contributed by atoms with van der Waals surface area (Å²) in [7, 11) is 0. The Labute approximate surface area is 428 Å². The van der Waals surface area contributed by atoms with Crippen LogP contribution in [0.5, 0.6) is 0 Å². The van der Waals surface area contributed by atoms with Crippen molar-refractivity contribution in [3.8, 4) is 0 Å². The van der Waals surface area contributed by atoms with Crippen molar-refractivity contribution in [2.24, 2.45) is 0 Å². The summed E-state index contributed by atoms with van der Waals surface area (Å²) >= 11 is 0. The zero-order chi connectivity index (χ0) is 50.2. The van der Waals surface area contributed by atoms with Gasteiger partial charge >= 0.3 is 5.97 Å². The maximum absolute atomic E-state index is 13.3. The van der Waals surface area contributed by atoms with Crippen molar-refractivity contribution in [3.63, 3.8) is 0 Å². The Morgan fingerprint density at radius 3 is 1.26 bits per heavy atom. The minimum absolute atomic E-state index is 0.0278. The van der Waals surface area contributed by atoms with Gasteiger partial charge in [0.2, 0.25) is 5.91 Å². The zero-order valence-corrected chi connectivity index (χ0v) is 45.7. The Bertz CT molecular complexity index is 1270. The predicted octanol–water partition coefficient (Wildman–Crippen LogP) is 18.5. The number of amides is 1. The number of aliphatic hydroxyl groups is 2. The molecule has 0 rings (SSSR count). The first-order valence-electron chi connectivity index (χ1n) is 29.7. The number of carbonyl (C=O) groups excluding carboxylic acids is 2. The van der Waals surface area contributed by atoms with E-state index in [1.54, 1.807) is 0 Å². The van der Waals surface area contributed by atoms with Crippen molar-refractivity contribution in [3.05, 3.63) is 72.9 Å². The molecule has 6 nitrogen and oxygen atoms in total. The van der Waals surface area contributed by atoms with Crippen molar-refractivity contribution < 1.29 is 24.5 Å². The highest BCUT2D eigenvalue weighted by molar-refractivity contribution is 5.77. The molecule has 3 N–H and O–H groups in total. The van der Waals surface area contributed by atoms with Gasteiger partial charge in [-0.1, -0.05) is 261 Å². The fourth-order valence-corrected chi connectivity index (χ4v) is 8.76. The molecule has 0 bridgehead atoms. The van der Waals surface area contributed by atoms with Crippen molar-refractivity contribution in [2.75, 3.05) is 6.61 Å². The first kappa shape index (κ1) is 66.3. The Morgan fingerprint density at radius 2 is 0.797 bits per heavy atom. The molecular weight excluding hydrogens is 851 g/mol. The van der Waals surface area contributed by atoms with Crippen molar-refractivity contribution in [2.45, 2.75) is 309 Å². The second-order valence-corrected chi connectivity index (χ2v) is 20.1. The summed E-state index contributed by atoms with van der Waals surface area (Å²) in [6.45, 7) is 6.45. The first-order valence-corrected chi connectivity index (χ1v) is 29.7. The van der Waals surface area contributed by atoms with Gasteiger partial charge in [0, 0.05) is 6.42 Å². The molecule has 0 saturated carbocycles. The van der Waals surface area contributed by atoms with Gasteiger partial charge in [-0.15, -0.1) is 0 Å². The Kier molecular flexibility index (Phi) is 54.0. The summed E-state index contributed by atoms with van der Waals surface area (Å²) in [6.07, 6.45) is 72.6. The lowest BCUT2D eigenvalue weighted by Gasteiger charge is -2.24. The molecule has 6 heteroatoms. The van der Waals surface area contributed by atoms with Crippen molar-refractivity contribution >= 4 is 11.9 Å². The van der Waals surface area contributed by atoms with Crippen LogP contribution >= 0.6 is 0 Å². The molecule has 3 atom stereocenters. The molecule has 0 fully saturated rings. The molecule has 0 spiro atoms. The van der Waals surface area contributed by atoms with Gasteiger partial charge in [0.25, 0.3) is 0 Å². The van der Waals surface area contributed by atoms with Crippen LogP contribution in [0.4, 0.5) is 0 Å². The number of hydrogen-bond donors (Lipinski definition) is 3. The van der Waals surface area contributed by atoms with E-state index in [9.17, 15) is 19.8 Å². The van der Waals surface area contributed by atoms with E-state index in [1.165, 1.54) is 161 Å². The van der Waals surface area contributed by atoms with Crippen molar-refractivity contribution in [1.82, 2.24) is 5.32 Å². The van der Waals surface area contributed by atoms with E-state index in [-0.39, 0.29) is 24.9 Å². The molecule has 0 heterocycles. The smallest absolute Gasteiger partial charge is 0.306 e. The Hall–Kier alpha value is -2.70. The molecule has 0 aromatic heterocycles. The van der Waals surface area contributed by atoms with Crippen molar-refractivity contribution in [1.29, 1.82) is 0 Å². The number of ether oxygens (including phenoxy) is 1. The number of unbranched alkanes of at least 4 members (excludes halogenated alkanes) is 30. The summed E-state index contributed by atoms with van der Waals surface area (Å²) in [5.74, 6) is -0.554. The van der Waals surface area contributed by atoms with E-state index in [1.807, 2.05) is 0 Å². The number of hydrogen-bond acceptors (Lipinski definition) is 5. The van der Waals surface area contributed by atoms with Gasteiger partial charge in [-0.2, -0.15) is 0 Å². The van der Waals surface area contributed by atoms with Gasteiger partial charge < -0.3 is 20.3 Å². The van der Waals surface area contributed by atoms with E-state index >= 15 is 0 Å². The molecule has 1 amide bonds. The maximum atomic E-state index is 13.3. The lowest BCUT2D eigenvalue weighted by molar-refractivity contribution is -0.151. The molecule has 0 aliphatic rings. The Morgan fingerprint density at radius 1 is 0.435 bits per heavy atom. The highest BCUT2D eigenvalue weighted by Crippen LogP contribution is 2.17. The van der Waals surface area contributed by atoms with Crippen LogP contribution in [0.25, 0.3) is 0 Å². The van der Waals surface area contributed by atoms with Crippen LogP contribution < -0.4 is 5.32 Å². The van der Waals surface area contributed by atoms with Crippen LogP contribution in [0.1, 0.15) is 290 Å². The highest BCUT2D eigenvalue weighted by atomic mass is 16.5. The average molecular weight is 965 g/mol. The minimum atomic E-state index is -0.811. The van der Waals surface area contributed by atoms with E-state index < -0.39 is 18.2 Å². The van der Waals surface area contributed by atoms with Crippen LogP contribution in [0.3, 0.4) is 0 Å². The topological polar surface area (TPSA) is 95.9 Å². The standard InChI is InChI=1S/C63H113NO5/c1-4-7-10-13-16-19-22-25-28-31-33-36-39-42-45-48-51-54-59(69-63(68)56-53-50-47-44-41-38-35-30-27-24-21-18-15-12-9-6-3)57-62(67)64-60(58-65)61(66)55-52-49-46-43-40-37-34-32-29-26-23-20-17-14-11-8-5-2/h16,19,25,28,30,33,35-36,38,41-42,45,59-61,65-66H,4-15,17-18,20-24,26-27,29,31-32,34,37,39-40,43-44,46-58H2,1-3H3,(H,64,67)/b19-16-,28-25-,35-30+,36-33-,41-38+,45-42-. The molecule has 69 heavy (non-hydrogen) atoms. The second-order valence-electron chi connectivity index (χ2n) is 20.1. The van der Waals surface area contributed by atoms with Crippen LogP contribution in [-0.4, -0.2) is 46.9 Å². The van der Waals surface area contributed by atoms with E-state index in [0.717, 1.165) is 83.5 Å². The molecule has 0 aromatic rings. The van der Waals surface area contributed by atoms with Gasteiger partial charge in [0.05, 0.1) is 25.2 Å². The maximum Gasteiger partial charge on any atom is 0.306 e. The summed E-state index contributed by atoms with van der Waals surface area (Å²) in [5, 5.41) is 23.9. The third kappa shape index (κ3) is 51.5. The summed E-state index contributed by atoms with van der Waals surface area (Å²) in [4.78, 5) is 26.3. The number of carbonyl (C=O) groups is 2. The number of nitrogens with one attached hydrogen (secondary N) is 1. The monoisotopic (exact) mass is 964 g/mol. The minimum Gasteiger partial charge on any atom is -0.462 e. The Balaban J connectivity index is 4.68. The third-order valence-electron chi connectivity index (χ3n) is 13.3. The SMILES string of the molecule is CCCCC/C=C\C/C=C\C/C=C\C/C=C\CCCC(CC(=O)NC(CO)C(O)CCCCCCCCCCCCCCCCCCC)OC(=O)CCCCC/C=C/C=C/CCCCCCCCC. The normalized spacial score (nSPS) is 13.6. The summed E-state index contributed by atoms with van der Waals surface area (Å²) in [6, 6.07) is -0.729. The first-order chi connectivity index (χ1) is 34.0. The number of esters is 1. The van der Waals surface area contributed by atoms with Crippen LogP contribution in [0.2, 0.25) is 0 Å². The lowest BCUT2D eigenvalue weighted by atomic mass is 10.0. The average Bonchev–Trinajstić information content (AvgIpc) is 3.34. The summed E-state index contributed by atoms with van der Waals surface area (Å²) < 4.78 is 5.92. The highest BCUT2D eigenvalue weighted by Gasteiger charge is 2.24. The number of rotatable bonds is 53. The zero-order valence-electron chi connectivity index (χ0n) is 45.7. The van der Waals surface area contributed by atoms with Gasteiger partial charge in [0.15, 0.2) is 0 Å². The number of aliphatic hydroxyl groups excluding tert-OH is 2. The molecule has 0 aromatic carbocycles. The molecule has 0 radical (unpaired) electrons.